The first-order valence-electron chi connectivity index (χ1n) is 16.9. The number of alkyl halides is 2. The van der Waals surface area contributed by atoms with Gasteiger partial charge in [0.05, 0.1) is 17.6 Å². The Morgan fingerprint density at radius 3 is 2.70 bits per heavy atom. The highest BCUT2D eigenvalue weighted by molar-refractivity contribution is 6.31. The van der Waals surface area contributed by atoms with Gasteiger partial charge in [-0.1, -0.05) is 44.5 Å². The van der Waals surface area contributed by atoms with Crippen LogP contribution in [0.3, 0.4) is 0 Å². The summed E-state index contributed by atoms with van der Waals surface area (Å²) in [5.74, 6) is 0.0127. The molecule has 50 heavy (non-hydrogen) atoms. The molecule has 0 bridgehead atoms. The van der Waals surface area contributed by atoms with Crippen LogP contribution >= 0.6 is 11.6 Å². The van der Waals surface area contributed by atoms with Gasteiger partial charge in [0, 0.05) is 42.5 Å². The van der Waals surface area contributed by atoms with Crippen LogP contribution in [-0.4, -0.2) is 63.4 Å². The largest absolute Gasteiger partial charge is 0.450 e. The minimum Gasteiger partial charge on any atom is -0.450 e. The molecule has 4 atom stereocenters. The second-order valence-corrected chi connectivity index (χ2v) is 14.2. The van der Waals surface area contributed by atoms with Crippen molar-refractivity contribution < 1.29 is 27.5 Å². The first-order chi connectivity index (χ1) is 23.9. The average molecular weight is 711 g/mol. The van der Waals surface area contributed by atoms with E-state index in [0.29, 0.717) is 71.0 Å². The van der Waals surface area contributed by atoms with Crippen LogP contribution in [0.25, 0.3) is 33.1 Å². The summed E-state index contributed by atoms with van der Waals surface area (Å²) in [7, 11) is 0. The maximum atomic E-state index is 15.4. The molecule has 7 rings (SSSR count). The number of carbonyl (C=O) groups excluding carboxylic acids is 2. The Balaban J connectivity index is 0.00000212. The van der Waals surface area contributed by atoms with E-state index in [1.165, 1.54) is 0 Å². The summed E-state index contributed by atoms with van der Waals surface area (Å²) in [6, 6.07) is 12.4. The molecule has 1 aliphatic carbocycles. The number of anilines is 1. The molecule has 2 unspecified atom stereocenters. The molecule has 1 aliphatic heterocycles. The van der Waals surface area contributed by atoms with Crippen LogP contribution in [-0.2, 0) is 20.4 Å². The van der Waals surface area contributed by atoms with Gasteiger partial charge < -0.3 is 29.1 Å². The van der Waals surface area contributed by atoms with Crippen LogP contribution in [0.1, 0.15) is 64.7 Å². The van der Waals surface area contributed by atoms with Crippen molar-refractivity contribution >= 4 is 63.2 Å². The number of ether oxygens (including phenoxy) is 1. The number of hydrogen-bond donors (Lipinski definition) is 2. The van der Waals surface area contributed by atoms with Crippen LogP contribution in [0.4, 0.5) is 14.6 Å². The van der Waals surface area contributed by atoms with E-state index < -0.39 is 11.9 Å². The SMILES string of the molecule is C=O.C[C@@H]1CC1(C)CNc1nc(C(F)(F)OCCCCC(=O)N2CCC(n3c(=O)[nH]c4cc(Cl)ccc43)[C@@H](C)C2)nc2c1oc1ccccc12. The third kappa shape index (κ3) is 6.98. The average Bonchev–Trinajstić information content (AvgIpc) is 3.37. The fourth-order valence-corrected chi connectivity index (χ4v) is 7.16. The van der Waals surface area contributed by atoms with E-state index in [2.05, 4.69) is 34.1 Å². The summed E-state index contributed by atoms with van der Waals surface area (Å²) >= 11 is 6.10. The number of halogens is 3. The Bertz CT molecular complexity index is 2080. The number of para-hydroxylation sites is 1. The molecular formula is C36H41ClF2N6O5. The number of unbranched alkanes of at least 4 members (excludes halogenated alkanes) is 1. The van der Waals surface area contributed by atoms with Gasteiger partial charge in [-0.05, 0) is 73.3 Å². The van der Waals surface area contributed by atoms with Crippen molar-refractivity contribution in [3.8, 4) is 0 Å². The summed E-state index contributed by atoms with van der Waals surface area (Å²) in [6.45, 7) is 9.66. The number of rotatable bonds is 11. The van der Waals surface area contributed by atoms with Crippen molar-refractivity contribution in [1.82, 2.24) is 24.4 Å². The molecule has 2 aliphatic rings. The van der Waals surface area contributed by atoms with Crippen LogP contribution in [0, 0.1) is 17.3 Å². The molecule has 2 aromatic carbocycles. The smallest absolute Gasteiger partial charge is 0.417 e. The lowest BCUT2D eigenvalue weighted by Crippen LogP contribution is -2.45. The fourth-order valence-electron chi connectivity index (χ4n) is 6.99. The molecule has 0 radical (unpaired) electrons. The van der Waals surface area contributed by atoms with Crippen molar-refractivity contribution in [3.05, 3.63) is 63.8 Å². The van der Waals surface area contributed by atoms with Crippen LogP contribution < -0.4 is 11.0 Å². The highest BCUT2D eigenvalue weighted by Gasteiger charge is 2.46. The Morgan fingerprint density at radius 2 is 1.96 bits per heavy atom. The number of carbonyl (C=O) groups is 2. The third-order valence-corrected chi connectivity index (χ3v) is 10.5. The number of nitrogens with zero attached hydrogens (tertiary/aromatic N) is 4. The molecule has 2 fully saturated rings. The van der Waals surface area contributed by atoms with E-state index in [9.17, 15) is 9.59 Å². The van der Waals surface area contributed by atoms with Gasteiger partial charge in [0.1, 0.15) is 17.9 Å². The summed E-state index contributed by atoms with van der Waals surface area (Å²) in [5, 5.41) is 4.41. The monoisotopic (exact) mass is 710 g/mol. The molecule has 11 nitrogen and oxygen atoms in total. The maximum absolute atomic E-state index is 15.4. The van der Waals surface area contributed by atoms with Crippen LogP contribution in [0.15, 0.2) is 51.7 Å². The normalized spacial score (nSPS) is 22.1. The van der Waals surface area contributed by atoms with Crippen molar-refractivity contribution in [2.24, 2.45) is 17.3 Å². The molecule has 1 saturated carbocycles. The standard InChI is InChI=1S/C35H39ClF2N6O4.CH2O/c1-20-18-43(14-13-25(20)44-26-12-11-22(36)16-24(26)40-33(44)46)28(45)10-6-7-15-47-35(37,38)32-41-29-23-8-4-5-9-27(23)48-30(29)31(42-32)39-19-34(3)17-21(34)2;1-2/h4-5,8-9,11-12,16,20-21,25H,6-7,10,13-15,17-19H2,1-3H3,(H,40,46)(H,39,41,42);1H2/t20-,21+,25?,34?;/m0./s1. The first kappa shape index (κ1) is 35.5. The molecule has 3 aromatic heterocycles. The zero-order chi connectivity index (χ0) is 35.8. The number of H-pyrrole nitrogens is 1. The van der Waals surface area contributed by atoms with Gasteiger partial charge in [0.15, 0.2) is 11.4 Å². The minimum absolute atomic E-state index is 0.0386. The Hall–Kier alpha value is -4.36. The topological polar surface area (TPSA) is 135 Å². The van der Waals surface area contributed by atoms with E-state index in [1.54, 1.807) is 39.8 Å². The lowest BCUT2D eigenvalue weighted by atomic mass is 9.93. The Morgan fingerprint density at radius 1 is 1.20 bits per heavy atom. The molecule has 1 amide bonds. The Kier molecular flexibility index (Phi) is 10.0. The maximum Gasteiger partial charge on any atom is 0.417 e. The number of fused-ring (bicyclic) bond motifs is 4. The van der Waals surface area contributed by atoms with Crippen molar-refractivity contribution in [2.75, 3.05) is 31.6 Å². The number of amides is 1. The van der Waals surface area contributed by atoms with E-state index in [4.69, 9.17) is 25.5 Å². The minimum atomic E-state index is -3.74. The number of imidazole rings is 1. The molecule has 4 heterocycles. The second-order valence-electron chi connectivity index (χ2n) is 13.7. The van der Waals surface area contributed by atoms with Gasteiger partial charge in [-0.15, -0.1) is 0 Å². The molecule has 5 aromatic rings. The predicted octanol–water partition coefficient (Wildman–Crippen LogP) is 7.29. The van der Waals surface area contributed by atoms with Gasteiger partial charge in [0.2, 0.25) is 11.7 Å². The zero-order valence-electron chi connectivity index (χ0n) is 28.3. The quantitative estimate of drug-likeness (QED) is 0.137. The van der Waals surface area contributed by atoms with Crippen molar-refractivity contribution in [2.45, 2.75) is 65.0 Å². The lowest BCUT2D eigenvalue weighted by molar-refractivity contribution is -0.254. The van der Waals surface area contributed by atoms with E-state index in [1.807, 2.05) is 25.8 Å². The number of nitrogens with one attached hydrogen (secondary N) is 2. The number of aromatic amines is 1. The van der Waals surface area contributed by atoms with Crippen molar-refractivity contribution in [1.29, 1.82) is 0 Å². The molecular weight excluding hydrogens is 670 g/mol. The molecule has 0 spiro atoms. The van der Waals surface area contributed by atoms with Crippen LogP contribution in [0.2, 0.25) is 5.02 Å². The van der Waals surface area contributed by atoms with Gasteiger partial charge >= 0.3 is 11.8 Å². The molecule has 2 N–H and O–H groups in total. The lowest BCUT2D eigenvalue weighted by Gasteiger charge is -2.37. The number of aromatic nitrogens is 4. The van der Waals surface area contributed by atoms with E-state index >= 15 is 8.78 Å². The zero-order valence-corrected chi connectivity index (χ0v) is 29.1. The second kappa shape index (κ2) is 14.1. The van der Waals surface area contributed by atoms with Gasteiger partial charge in [-0.3, -0.25) is 9.36 Å². The van der Waals surface area contributed by atoms with Gasteiger partial charge in [-0.25, -0.2) is 14.8 Å². The van der Waals surface area contributed by atoms with E-state index in [-0.39, 0.29) is 54.2 Å². The number of hydrogen-bond acceptors (Lipinski definition) is 8. The highest BCUT2D eigenvalue weighted by Crippen LogP contribution is 2.51. The highest BCUT2D eigenvalue weighted by atomic mass is 35.5. The summed E-state index contributed by atoms with van der Waals surface area (Å²) in [5.41, 5.74) is 2.52. The molecule has 14 heteroatoms. The van der Waals surface area contributed by atoms with E-state index in [0.717, 1.165) is 11.9 Å². The Labute approximate surface area is 292 Å². The number of piperidine rings is 1. The fraction of sp³-hybridized carbons (Fsp3) is 0.472. The number of furan rings is 1. The third-order valence-electron chi connectivity index (χ3n) is 10.2. The van der Waals surface area contributed by atoms with Gasteiger partial charge in [0.25, 0.3) is 0 Å². The summed E-state index contributed by atoms with van der Waals surface area (Å²) in [4.78, 5) is 46.9. The predicted molar refractivity (Wildman–Crippen MR) is 187 cm³/mol. The first-order valence-corrected chi connectivity index (χ1v) is 17.2. The molecule has 266 valence electrons. The van der Waals surface area contributed by atoms with Crippen LogP contribution in [0.5, 0.6) is 0 Å². The number of likely N-dealkylation sites (tertiary alicyclic amines) is 1. The van der Waals surface area contributed by atoms with Gasteiger partial charge in [-0.2, -0.15) is 8.78 Å². The molecule has 1 saturated heterocycles. The van der Waals surface area contributed by atoms with Crippen molar-refractivity contribution in [3.63, 3.8) is 0 Å². The number of benzene rings is 2. The summed E-state index contributed by atoms with van der Waals surface area (Å²) in [6.07, 6.45) is -1.20. The summed E-state index contributed by atoms with van der Waals surface area (Å²) < 4.78 is 43.6.